The highest BCUT2D eigenvalue weighted by atomic mass is 15.2. The minimum Gasteiger partial charge on any atom is -0.314 e. The van der Waals surface area contributed by atoms with Crippen LogP contribution in [-0.2, 0) is 0 Å². The molecule has 0 aromatic carbocycles. The quantitative estimate of drug-likeness (QED) is 0.812. The highest BCUT2D eigenvalue weighted by molar-refractivity contribution is 4.78. The van der Waals surface area contributed by atoms with E-state index in [0.717, 1.165) is 12.0 Å². The Kier molecular flexibility index (Phi) is 6.38. The van der Waals surface area contributed by atoms with Crippen LogP contribution in [0, 0.1) is 5.92 Å². The van der Waals surface area contributed by atoms with E-state index in [0.29, 0.717) is 0 Å². The lowest BCUT2D eigenvalue weighted by atomic mass is 9.95. The molecule has 3 nitrogen and oxygen atoms in total. The first-order chi connectivity index (χ1) is 10.4. The van der Waals surface area contributed by atoms with E-state index < -0.39 is 0 Å². The molecule has 0 saturated carbocycles. The Labute approximate surface area is 131 Å². The van der Waals surface area contributed by atoms with Crippen molar-refractivity contribution in [2.24, 2.45) is 5.92 Å². The van der Waals surface area contributed by atoms with Crippen LogP contribution in [0.3, 0.4) is 0 Å². The summed E-state index contributed by atoms with van der Waals surface area (Å²) in [5.41, 5.74) is 0. The lowest BCUT2D eigenvalue weighted by Gasteiger charge is -2.34. The van der Waals surface area contributed by atoms with Crippen molar-refractivity contribution in [1.29, 1.82) is 0 Å². The third-order valence-corrected chi connectivity index (χ3v) is 5.86. The predicted molar refractivity (Wildman–Crippen MR) is 89.7 cm³/mol. The van der Waals surface area contributed by atoms with Crippen molar-refractivity contribution in [2.45, 2.75) is 63.8 Å². The number of nitrogens with zero attached hydrogens (tertiary/aromatic N) is 2. The number of nitrogens with one attached hydrogen (secondary N) is 1. The molecular weight excluding hydrogens is 258 g/mol. The van der Waals surface area contributed by atoms with E-state index in [4.69, 9.17) is 0 Å². The van der Waals surface area contributed by atoms with Crippen LogP contribution in [0.15, 0.2) is 0 Å². The fraction of sp³-hybridized carbons (Fsp3) is 1.00. The van der Waals surface area contributed by atoms with Gasteiger partial charge in [-0.1, -0.05) is 6.42 Å². The third-order valence-electron chi connectivity index (χ3n) is 5.86. The van der Waals surface area contributed by atoms with Gasteiger partial charge in [-0.05, 0) is 96.6 Å². The normalized spacial score (nSPS) is 30.0. The molecule has 1 unspecified atom stereocenters. The second-order valence-electron chi connectivity index (χ2n) is 7.58. The molecule has 3 saturated heterocycles. The predicted octanol–water partition coefficient (Wildman–Crippen LogP) is 2.72. The molecule has 3 fully saturated rings. The summed E-state index contributed by atoms with van der Waals surface area (Å²) in [6, 6.07) is 0.825. The van der Waals surface area contributed by atoms with Crippen molar-refractivity contribution in [3.8, 4) is 0 Å². The monoisotopic (exact) mass is 293 g/mol. The molecule has 1 atom stereocenters. The van der Waals surface area contributed by atoms with E-state index in [-0.39, 0.29) is 0 Å². The number of hydrogen-bond acceptors (Lipinski definition) is 3. The summed E-state index contributed by atoms with van der Waals surface area (Å²) >= 11 is 0. The van der Waals surface area contributed by atoms with Gasteiger partial charge in [-0.15, -0.1) is 0 Å². The number of rotatable bonds is 6. The average Bonchev–Trinajstić information content (AvgIpc) is 3.03. The first kappa shape index (κ1) is 15.8. The fourth-order valence-corrected chi connectivity index (χ4v) is 4.45. The second-order valence-corrected chi connectivity index (χ2v) is 7.58. The fourth-order valence-electron chi connectivity index (χ4n) is 4.45. The third kappa shape index (κ3) is 5.22. The van der Waals surface area contributed by atoms with Crippen LogP contribution < -0.4 is 5.32 Å². The standard InChI is InChI=1S/C18H35N3/c1-2-10-19-18(6-1)7-5-13-20-14-8-17(9-15-20)16-21-11-3-4-12-21/h17-19H,1-16H2. The van der Waals surface area contributed by atoms with Crippen molar-refractivity contribution in [1.82, 2.24) is 15.1 Å². The minimum absolute atomic E-state index is 0.825. The first-order valence-electron chi connectivity index (χ1n) is 9.58. The molecule has 0 spiro atoms. The van der Waals surface area contributed by atoms with E-state index in [1.165, 1.54) is 104 Å². The van der Waals surface area contributed by atoms with Crippen LogP contribution in [0.5, 0.6) is 0 Å². The van der Waals surface area contributed by atoms with Crippen LogP contribution in [0.25, 0.3) is 0 Å². The summed E-state index contributed by atoms with van der Waals surface area (Å²) in [6.07, 6.45) is 12.8. The van der Waals surface area contributed by atoms with Gasteiger partial charge in [0.15, 0.2) is 0 Å². The van der Waals surface area contributed by atoms with Gasteiger partial charge in [0, 0.05) is 12.6 Å². The highest BCUT2D eigenvalue weighted by Gasteiger charge is 2.22. The molecular formula is C18H35N3. The maximum absolute atomic E-state index is 3.68. The second kappa shape index (κ2) is 8.50. The maximum Gasteiger partial charge on any atom is 0.00675 e. The molecule has 0 aromatic rings. The molecule has 3 aliphatic heterocycles. The molecule has 3 heterocycles. The molecule has 0 bridgehead atoms. The number of hydrogen-bond donors (Lipinski definition) is 1. The number of likely N-dealkylation sites (tertiary alicyclic amines) is 2. The zero-order valence-corrected chi connectivity index (χ0v) is 13.9. The average molecular weight is 293 g/mol. The Morgan fingerprint density at radius 1 is 0.810 bits per heavy atom. The Morgan fingerprint density at radius 2 is 1.62 bits per heavy atom. The van der Waals surface area contributed by atoms with E-state index in [2.05, 4.69) is 15.1 Å². The summed E-state index contributed by atoms with van der Waals surface area (Å²) in [5, 5.41) is 3.68. The van der Waals surface area contributed by atoms with Gasteiger partial charge in [0.25, 0.3) is 0 Å². The molecule has 3 aliphatic rings. The summed E-state index contributed by atoms with van der Waals surface area (Å²) in [7, 11) is 0. The summed E-state index contributed by atoms with van der Waals surface area (Å²) < 4.78 is 0. The largest absolute Gasteiger partial charge is 0.314 e. The van der Waals surface area contributed by atoms with Gasteiger partial charge in [-0.3, -0.25) is 0 Å². The molecule has 122 valence electrons. The van der Waals surface area contributed by atoms with E-state index >= 15 is 0 Å². The van der Waals surface area contributed by atoms with Gasteiger partial charge < -0.3 is 15.1 Å². The Hall–Kier alpha value is -0.120. The molecule has 3 rings (SSSR count). The van der Waals surface area contributed by atoms with Gasteiger partial charge >= 0.3 is 0 Å². The molecule has 1 N–H and O–H groups in total. The van der Waals surface area contributed by atoms with Crippen LogP contribution >= 0.6 is 0 Å². The summed E-state index contributed by atoms with van der Waals surface area (Å²) in [6.45, 7) is 9.44. The number of piperidine rings is 2. The smallest absolute Gasteiger partial charge is 0.00675 e. The molecule has 0 amide bonds. The van der Waals surface area contributed by atoms with Gasteiger partial charge in [-0.25, -0.2) is 0 Å². The van der Waals surface area contributed by atoms with Crippen molar-refractivity contribution >= 4 is 0 Å². The van der Waals surface area contributed by atoms with Crippen LogP contribution in [0.1, 0.15) is 57.8 Å². The molecule has 21 heavy (non-hydrogen) atoms. The Balaban J connectivity index is 1.25. The SMILES string of the molecule is C1CCC(CCCN2CCC(CN3CCCC3)CC2)NC1. The van der Waals surface area contributed by atoms with Crippen molar-refractivity contribution < 1.29 is 0 Å². The van der Waals surface area contributed by atoms with Crippen LogP contribution in [0.2, 0.25) is 0 Å². The molecule has 0 radical (unpaired) electrons. The topological polar surface area (TPSA) is 18.5 Å². The van der Waals surface area contributed by atoms with Crippen molar-refractivity contribution in [3.63, 3.8) is 0 Å². The van der Waals surface area contributed by atoms with Gasteiger partial charge in [0.05, 0.1) is 0 Å². The van der Waals surface area contributed by atoms with Gasteiger partial charge in [0.1, 0.15) is 0 Å². The maximum atomic E-state index is 3.68. The zero-order chi connectivity index (χ0) is 14.3. The summed E-state index contributed by atoms with van der Waals surface area (Å²) in [4.78, 5) is 5.43. The van der Waals surface area contributed by atoms with Crippen molar-refractivity contribution in [3.05, 3.63) is 0 Å². The lowest BCUT2D eigenvalue weighted by molar-refractivity contribution is 0.150. The van der Waals surface area contributed by atoms with Crippen LogP contribution in [0.4, 0.5) is 0 Å². The lowest BCUT2D eigenvalue weighted by Crippen LogP contribution is -2.39. The first-order valence-corrected chi connectivity index (χ1v) is 9.58. The molecule has 0 aromatic heterocycles. The molecule has 0 aliphatic carbocycles. The van der Waals surface area contributed by atoms with E-state index in [1.54, 1.807) is 0 Å². The van der Waals surface area contributed by atoms with Crippen molar-refractivity contribution in [2.75, 3.05) is 45.8 Å². The highest BCUT2D eigenvalue weighted by Crippen LogP contribution is 2.21. The van der Waals surface area contributed by atoms with E-state index in [1.807, 2.05) is 0 Å². The Morgan fingerprint density at radius 3 is 2.33 bits per heavy atom. The zero-order valence-electron chi connectivity index (χ0n) is 13.9. The summed E-state index contributed by atoms with van der Waals surface area (Å²) in [5.74, 6) is 0.986. The van der Waals surface area contributed by atoms with Gasteiger partial charge in [0.2, 0.25) is 0 Å². The minimum atomic E-state index is 0.825. The van der Waals surface area contributed by atoms with E-state index in [9.17, 15) is 0 Å². The van der Waals surface area contributed by atoms with Crippen LogP contribution in [-0.4, -0.2) is 61.7 Å². The molecule has 3 heteroatoms. The Bertz CT molecular complexity index is 274. The van der Waals surface area contributed by atoms with Gasteiger partial charge in [-0.2, -0.15) is 0 Å².